The van der Waals surface area contributed by atoms with E-state index in [4.69, 9.17) is 22.2 Å². The first-order valence-electron chi connectivity index (χ1n) is 18.6. The molecule has 0 spiro atoms. The summed E-state index contributed by atoms with van der Waals surface area (Å²) in [6.45, 7) is 32.8. The predicted molar refractivity (Wildman–Crippen MR) is 230 cm³/mol. The fraction of sp³-hybridized carbons (Fsp3) is 0.522. The number of benzene rings is 3. The van der Waals surface area contributed by atoms with Crippen LogP contribution >= 0.6 is 0 Å². The highest BCUT2D eigenvalue weighted by molar-refractivity contribution is 5.52. The van der Waals surface area contributed by atoms with Crippen molar-refractivity contribution in [2.24, 2.45) is 31.3 Å². The second kappa shape index (κ2) is 20.0. The lowest BCUT2D eigenvalue weighted by atomic mass is 9.85. The minimum absolute atomic E-state index is 0.0388. The highest BCUT2D eigenvalue weighted by Crippen LogP contribution is 2.43. The van der Waals surface area contributed by atoms with E-state index in [1.807, 2.05) is 84.9 Å². The SMILES string of the molecule is C#CC(C)(C)C.CC(C)(C)C1(C)N=N1.CC(C)(C)N=[N+]=[N-].CC(C)(C)OC1Cc2ccccc2C#Cc2ccccc21.CC(C)(C)c1ccc(N=[N+]=[N-])cc1. The molecule has 0 N–H and O–H groups in total. The number of nitrogens with zero attached hydrogens (tertiary/aromatic N) is 8. The molecule has 1 aliphatic heterocycles. The van der Waals surface area contributed by atoms with Crippen LogP contribution in [0.5, 0.6) is 0 Å². The molecule has 0 saturated heterocycles. The highest BCUT2D eigenvalue weighted by atomic mass is 16.5. The molecule has 0 radical (unpaired) electrons. The Kier molecular flexibility index (Phi) is 17.5. The number of ether oxygens (including phenoxy) is 1. The first kappa shape index (κ1) is 48.0. The maximum atomic E-state index is 8.21. The molecule has 1 unspecified atom stereocenters. The van der Waals surface area contributed by atoms with Crippen LogP contribution in [-0.4, -0.2) is 16.8 Å². The van der Waals surface area contributed by atoms with Gasteiger partial charge in [0.1, 0.15) is 0 Å². The van der Waals surface area contributed by atoms with Crippen LogP contribution in [0, 0.1) is 35.0 Å². The summed E-state index contributed by atoms with van der Waals surface area (Å²) in [5.74, 6) is 9.21. The van der Waals surface area contributed by atoms with Gasteiger partial charge in [-0.25, -0.2) is 0 Å². The molecule has 9 nitrogen and oxygen atoms in total. The Morgan fingerprint density at radius 1 is 0.745 bits per heavy atom. The van der Waals surface area contributed by atoms with E-state index in [0.717, 1.165) is 17.5 Å². The molecule has 2 aliphatic rings. The van der Waals surface area contributed by atoms with Crippen LogP contribution in [0.15, 0.2) is 93.3 Å². The Hall–Kier alpha value is -5.04. The number of terminal acetylenes is 1. The third-order valence-electron chi connectivity index (χ3n) is 8.05. The number of hydrogen-bond acceptors (Lipinski definition) is 5. The van der Waals surface area contributed by atoms with Gasteiger partial charge >= 0.3 is 0 Å². The molecule has 294 valence electrons. The maximum absolute atomic E-state index is 8.21. The lowest BCUT2D eigenvalue weighted by Crippen LogP contribution is -2.25. The third kappa shape index (κ3) is 19.2. The zero-order chi connectivity index (χ0) is 42.3. The molecule has 5 rings (SSSR count). The van der Waals surface area contributed by atoms with Crippen LogP contribution in [0.4, 0.5) is 5.69 Å². The van der Waals surface area contributed by atoms with Gasteiger partial charge in [0.25, 0.3) is 0 Å². The topological polar surface area (TPSA) is 131 Å². The van der Waals surface area contributed by atoms with Crippen molar-refractivity contribution in [2.75, 3.05) is 0 Å². The fourth-order valence-corrected chi connectivity index (χ4v) is 4.28. The Labute approximate surface area is 332 Å². The van der Waals surface area contributed by atoms with Gasteiger partial charge in [-0.2, -0.15) is 10.2 Å². The summed E-state index contributed by atoms with van der Waals surface area (Å²) in [7, 11) is 0. The molecule has 1 atom stereocenters. The second-order valence-corrected chi connectivity index (χ2v) is 18.6. The average Bonchev–Trinajstić information content (AvgIpc) is 3.82. The number of azide groups is 2. The van der Waals surface area contributed by atoms with Crippen LogP contribution in [0.25, 0.3) is 20.9 Å². The zero-order valence-corrected chi connectivity index (χ0v) is 36.3. The van der Waals surface area contributed by atoms with Gasteiger partial charge in [0.05, 0.1) is 11.7 Å². The lowest BCUT2D eigenvalue weighted by molar-refractivity contribution is -0.0615. The minimum Gasteiger partial charge on any atom is -0.368 e. The van der Waals surface area contributed by atoms with Gasteiger partial charge < -0.3 is 4.74 Å². The van der Waals surface area contributed by atoms with Crippen molar-refractivity contribution in [2.45, 2.75) is 146 Å². The van der Waals surface area contributed by atoms with Gasteiger partial charge in [-0.05, 0) is 93.8 Å². The normalized spacial score (nSPS) is 14.8. The second-order valence-electron chi connectivity index (χ2n) is 18.6. The van der Waals surface area contributed by atoms with Crippen LogP contribution in [-0.2, 0) is 16.6 Å². The van der Waals surface area contributed by atoms with E-state index in [1.54, 1.807) is 0 Å². The Morgan fingerprint density at radius 2 is 1.24 bits per heavy atom. The summed E-state index contributed by atoms with van der Waals surface area (Å²) in [5, 5.41) is 14.8. The van der Waals surface area contributed by atoms with Gasteiger partial charge in [-0.15, -0.1) is 12.3 Å². The summed E-state index contributed by atoms with van der Waals surface area (Å²) in [6, 6.07) is 24.3. The van der Waals surface area contributed by atoms with Gasteiger partial charge in [0, 0.05) is 49.4 Å². The van der Waals surface area contributed by atoms with E-state index < -0.39 is 0 Å². The highest BCUT2D eigenvalue weighted by Gasteiger charge is 2.46. The van der Waals surface area contributed by atoms with E-state index in [9.17, 15) is 0 Å². The Bertz CT molecular complexity index is 1900. The van der Waals surface area contributed by atoms with Gasteiger partial charge in [0.15, 0.2) is 5.66 Å². The molecule has 1 aliphatic carbocycles. The molecule has 3 aromatic rings. The van der Waals surface area contributed by atoms with Crippen LogP contribution in [0.1, 0.15) is 145 Å². The quantitative estimate of drug-likeness (QED) is 0.110. The standard InChI is InChI=1S/C20H20O.C10H13N3.C6H12N2.C6H10.C4H9N3/c1-20(2,3)21-19-14-17-10-5-4-8-15(17)12-13-16-9-6-7-11-18(16)19;1-10(2,3)8-4-6-9(7-5-8)12-13-11;1-5(2,3)6(4)7-8-6;1-5-6(2,3)4;1-4(2,3)6-7-5/h4-11,19H,14H2,1-3H3;4-7H,1-3H3;1-4H3;1H,2-4H3;1-3H3. The van der Waals surface area contributed by atoms with Crippen molar-refractivity contribution in [3.05, 3.63) is 121 Å². The minimum atomic E-state index is -0.241. The monoisotopic (exact) mass is 745 g/mol. The molecule has 55 heavy (non-hydrogen) atoms. The Balaban J connectivity index is 0.000000380. The van der Waals surface area contributed by atoms with E-state index in [1.165, 1.54) is 16.7 Å². The van der Waals surface area contributed by atoms with E-state index >= 15 is 0 Å². The Morgan fingerprint density at radius 3 is 1.62 bits per heavy atom. The van der Waals surface area contributed by atoms with Gasteiger partial charge in [-0.1, -0.05) is 145 Å². The van der Waals surface area contributed by atoms with Crippen LogP contribution in [0.2, 0.25) is 0 Å². The molecular formula is C46H64N8O. The van der Waals surface area contributed by atoms with E-state index in [2.05, 4.69) is 147 Å². The first-order valence-corrected chi connectivity index (χ1v) is 18.6. The average molecular weight is 745 g/mol. The summed E-state index contributed by atoms with van der Waals surface area (Å²) < 4.78 is 6.33. The van der Waals surface area contributed by atoms with Crippen molar-refractivity contribution in [3.8, 4) is 24.2 Å². The summed E-state index contributed by atoms with van der Waals surface area (Å²) in [4.78, 5) is 5.35. The van der Waals surface area contributed by atoms with Crippen molar-refractivity contribution in [1.82, 2.24) is 0 Å². The van der Waals surface area contributed by atoms with Gasteiger partial charge in [-0.3, -0.25) is 0 Å². The molecule has 0 saturated carbocycles. The van der Waals surface area contributed by atoms with Crippen molar-refractivity contribution in [1.29, 1.82) is 0 Å². The van der Waals surface area contributed by atoms with Crippen LogP contribution < -0.4 is 0 Å². The molecule has 0 amide bonds. The number of rotatable bonds is 2. The van der Waals surface area contributed by atoms with Gasteiger partial charge in [0.2, 0.25) is 0 Å². The fourth-order valence-electron chi connectivity index (χ4n) is 4.28. The number of fused-ring (bicyclic) bond motifs is 2. The summed E-state index contributed by atoms with van der Waals surface area (Å²) in [6.07, 6.45) is 5.95. The molecule has 0 aromatic heterocycles. The third-order valence-corrected chi connectivity index (χ3v) is 8.05. The summed E-state index contributed by atoms with van der Waals surface area (Å²) >= 11 is 0. The van der Waals surface area contributed by atoms with Crippen molar-refractivity contribution >= 4 is 5.69 Å². The van der Waals surface area contributed by atoms with E-state index in [-0.39, 0.29) is 39.2 Å². The molecule has 3 aromatic carbocycles. The number of hydrogen-bond donors (Lipinski definition) is 0. The van der Waals surface area contributed by atoms with Crippen LogP contribution in [0.3, 0.4) is 0 Å². The summed E-state index contributed by atoms with van der Waals surface area (Å²) in [5.41, 5.74) is 22.5. The van der Waals surface area contributed by atoms with Crippen molar-refractivity contribution < 1.29 is 4.74 Å². The molecule has 9 heteroatoms. The molecule has 0 fully saturated rings. The smallest absolute Gasteiger partial charge is 0.192 e. The van der Waals surface area contributed by atoms with Crippen molar-refractivity contribution in [3.63, 3.8) is 0 Å². The molecular weight excluding hydrogens is 681 g/mol. The zero-order valence-electron chi connectivity index (χ0n) is 36.3. The maximum Gasteiger partial charge on any atom is 0.192 e. The lowest BCUT2D eigenvalue weighted by Gasteiger charge is -2.29. The van der Waals surface area contributed by atoms with E-state index in [0.29, 0.717) is 5.69 Å². The predicted octanol–water partition coefficient (Wildman–Crippen LogP) is 14.4. The molecule has 1 heterocycles. The molecule has 0 bridgehead atoms. The largest absolute Gasteiger partial charge is 0.368 e. The first-order chi connectivity index (χ1) is 25.1.